The maximum absolute atomic E-state index is 14.4. The van der Waals surface area contributed by atoms with Crippen molar-refractivity contribution < 1.29 is 4.39 Å². The molecule has 0 bridgehead atoms. The summed E-state index contributed by atoms with van der Waals surface area (Å²) in [5, 5.41) is 0. The normalized spacial score (nSPS) is 25.5. The van der Waals surface area contributed by atoms with Crippen molar-refractivity contribution >= 4 is 15.9 Å². The van der Waals surface area contributed by atoms with E-state index >= 15 is 0 Å². The highest BCUT2D eigenvalue weighted by molar-refractivity contribution is 9.10. The molecule has 1 aliphatic rings. The Morgan fingerprint density at radius 3 is 1.47 bits per heavy atom. The van der Waals surface area contributed by atoms with Crippen molar-refractivity contribution in [1.82, 2.24) is 0 Å². The number of halogens is 2. The molecule has 1 fully saturated rings. The van der Waals surface area contributed by atoms with Gasteiger partial charge in [0.2, 0.25) is 0 Å². The first-order valence-corrected chi connectivity index (χ1v) is 6.45. The largest absolute Gasteiger partial charge is 0.230 e. The molecule has 0 amide bonds. The highest BCUT2D eigenvalue weighted by atomic mass is 79.9. The molecule has 0 radical (unpaired) electrons. The maximum Gasteiger partial charge on any atom is 0.180 e. The quantitative estimate of drug-likeness (QED) is 0.718. The van der Waals surface area contributed by atoms with E-state index in [1.807, 2.05) is 60.7 Å². The Kier molecular flexibility index (Phi) is 2.37. The topological polar surface area (TPSA) is 0 Å². The SMILES string of the molecule is F[C@]1(Br)CC1(c1ccccc1)c1ccccc1. The van der Waals surface area contributed by atoms with E-state index in [-0.39, 0.29) is 0 Å². The zero-order valence-corrected chi connectivity index (χ0v) is 10.8. The van der Waals surface area contributed by atoms with Gasteiger partial charge < -0.3 is 0 Å². The Morgan fingerprint density at radius 2 is 1.18 bits per heavy atom. The fourth-order valence-electron chi connectivity index (χ4n) is 2.53. The Labute approximate surface area is 109 Å². The summed E-state index contributed by atoms with van der Waals surface area (Å²) in [7, 11) is 0. The standard InChI is InChI=1S/C15H12BrF/c16-15(17)11-14(15,12-7-3-1-4-8-12)13-9-5-2-6-10-13/h1-10H,11H2/t15-/m1/s1. The monoisotopic (exact) mass is 290 g/mol. The van der Waals surface area contributed by atoms with Crippen molar-refractivity contribution in [3.63, 3.8) is 0 Å². The molecule has 2 heteroatoms. The third kappa shape index (κ3) is 1.54. The van der Waals surface area contributed by atoms with Crippen molar-refractivity contribution in [3.8, 4) is 0 Å². The van der Waals surface area contributed by atoms with E-state index in [4.69, 9.17) is 0 Å². The summed E-state index contributed by atoms with van der Waals surface area (Å²) in [6.07, 6.45) is 0.494. The maximum atomic E-state index is 14.4. The first kappa shape index (κ1) is 11.0. The van der Waals surface area contributed by atoms with Crippen LogP contribution in [0.5, 0.6) is 0 Å². The molecule has 0 heterocycles. The molecule has 86 valence electrons. The van der Waals surface area contributed by atoms with Gasteiger partial charge in [-0.15, -0.1) is 0 Å². The molecule has 0 spiro atoms. The summed E-state index contributed by atoms with van der Waals surface area (Å²) in [6.45, 7) is 0. The lowest BCUT2D eigenvalue weighted by Gasteiger charge is -2.18. The van der Waals surface area contributed by atoms with Crippen molar-refractivity contribution in [2.24, 2.45) is 0 Å². The lowest BCUT2D eigenvalue weighted by Crippen LogP contribution is -2.16. The number of benzene rings is 2. The van der Waals surface area contributed by atoms with Crippen molar-refractivity contribution in [2.75, 3.05) is 0 Å². The van der Waals surface area contributed by atoms with Gasteiger partial charge in [-0.05, 0) is 27.1 Å². The van der Waals surface area contributed by atoms with E-state index < -0.39 is 9.99 Å². The lowest BCUT2D eigenvalue weighted by atomic mass is 9.88. The van der Waals surface area contributed by atoms with E-state index in [1.54, 1.807) is 0 Å². The second kappa shape index (κ2) is 3.67. The van der Waals surface area contributed by atoms with Crippen LogP contribution in [-0.2, 0) is 5.41 Å². The molecule has 0 nitrogen and oxygen atoms in total. The van der Waals surface area contributed by atoms with Crippen LogP contribution in [0.1, 0.15) is 17.5 Å². The lowest BCUT2D eigenvalue weighted by molar-refractivity contribution is 0.410. The van der Waals surface area contributed by atoms with E-state index in [1.165, 1.54) is 0 Å². The molecular weight excluding hydrogens is 279 g/mol. The van der Waals surface area contributed by atoms with Crippen LogP contribution >= 0.6 is 15.9 Å². The van der Waals surface area contributed by atoms with Crippen molar-refractivity contribution in [2.45, 2.75) is 16.4 Å². The average Bonchev–Trinajstić information content (AvgIpc) is 2.96. The van der Waals surface area contributed by atoms with Crippen LogP contribution in [0.4, 0.5) is 4.39 Å². The minimum atomic E-state index is -1.32. The first-order valence-electron chi connectivity index (χ1n) is 5.66. The molecule has 1 saturated carbocycles. The number of rotatable bonds is 2. The molecule has 0 aromatic heterocycles. The average molecular weight is 291 g/mol. The molecule has 1 aliphatic carbocycles. The predicted molar refractivity (Wildman–Crippen MR) is 71.0 cm³/mol. The summed E-state index contributed by atoms with van der Waals surface area (Å²) >= 11 is 3.22. The zero-order chi connectivity index (χ0) is 11.9. The molecule has 3 rings (SSSR count). The smallest absolute Gasteiger partial charge is 0.180 e. The fourth-order valence-corrected chi connectivity index (χ4v) is 3.41. The van der Waals surface area contributed by atoms with Crippen LogP contribution in [0.2, 0.25) is 0 Å². The van der Waals surface area contributed by atoms with Crippen LogP contribution in [0.15, 0.2) is 60.7 Å². The van der Waals surface area contributed by atoms with E-state index in [2.05, 4.69) is 15.9 Å². The van der Waals surface area contributed by atoms with Crippen LogP contribution in [-0.4, -0.2) is 4.58 Å². The van der Waals surface area contributed by atoms with Gasteiger partial charge in [0.15, 0.2) is 4.58 Å². The van der Waals surface area contributed by atoms with Crippen LogP contribution < -0.4 is 0 Å². The molecule has 2 aromatic rings. The fraction of sp³-hybridized carbons (Fsp3) is 0.200. The molecule has 17 heavy (non-hydrogen) atoms. The summed E-state index contributed by atoms with van der Waals surface area (Å²) in [4.78, 5) is 0. The zero-order valence-electron chi connectivity index (χ0n) is 9.24. The number of hydrogen-bond acceptors (Lipinski definition) is 0. The molecule has 1 atom stereocenters. The molecule has 0 aliphatic heterocycles. The Morgan fingerprint density at radius 1 is 0.824 bits per heavy atom. The predicted octanol–water partition coefficient (Wildman–Crippen LogP) is 4.44. The van der Waals surface area contributed by atoms with Gasteiger partial charge in [-0.3, -0.25) is 0 Å². The van der Waals surface area contributed by atoms with Gasteiger partial charge in [0, 0.05) is 6.42 Å². The highest BCUT2D eigenvalue weighted by Crippen LogP contribution is 2.67. The molecule has 2 aromatic carbocycles. The third-order valence-corrected chi connectivity index (χ3v) is 4.48. The minimum absolute atomic E-state index is 0.494. The van der Waals surface area contributed by atoms with E-state index in [9.17, 15) is 4.39 Å². The van der Waals surface area contributed by atoms with Gasteiger partial charge in [0.25, 0.3) is 0 Å². The summed E-state index contributed by atoms with van der Waals surface area (Å²) in [5.74, 6) is 0. The van der Waals surface area contributed by atoms with Gasteiger partial charge in [0.05, 0.1) is 5.41 Å². The van der Waals surface area contributed by atoms with Crippen LogP contribution in [0.3, 0.4) is 0 Å². The summed E-state index contributed by atoms with van der Waals surface area (Å²) in [6, 6.07) is 19.7. The Bertz CT molecular complexity index is 480. The Balaban J connectivity index is 2.15. The third-order valence-electron chi connectivity index (χ3n) is 3.52. The van der Waals surface area contributed by atoms with Gasteiger partial charge in [-0.25, -0.2) is 4.39 Å². The molecule has 0 unspecified atom stereocenters. The molecule has 0 saturated heterocycles. The van der Waals surface area contributed by atoms with Crippen LogP contribution in [0.25, 0.3) is 0 Å². The van der Waals surface area contributed by atoms with Crippen molar-refractivity contribution in [1.29, 1.82) is 0 Å². The Hall–Kier alpha value is -1.15. The second-order valence-electron chi connectivity index (χ2n) is 4.52. The van der Waals surface area contributed by atoms with Gasteiger partial charge >= 0.3 is 0 Å². The second-order valence-corrected chi connectivity index (χ2v) is 5.78. The van der Waals surface area contributed by atoms with E-state index in [0.717, 1.165) is 11.1 Å². The van der Waals surface area contributed by atoms with Crippen molar-refractivity contribution in [3.05, 3.63) is 71.8 Å². The summed E-state index contributed by atoms with van der Waals surface area (Å²) in [5.41, 5.74) is 1.55. The van der Waals surface area contributed by atoms with Gasteiger partial charge in [-0.2, -0.15) is 0 Å². The van der Waals surface area contributed by atoms with Crippen LogP contribution in [0, 0.1) is 0 Å². The minimum Gasteiger partial charge on any atom is -0.230 e. The molecule has 0 N–H and O–H groups in total. The summed E-state index contributed by atoms with van der Waals surface area (Å²) < 4.78 is 13.1. The van der Waals surface area contributed by atoms with Gasteiger partial charge in [0.1, 0.15) is 0 Å². The van der Waals surface area contributed by atoms with E-state index in [0.29, 0.717) is 6.42 Å². The van der Waals surface area contributed by atoms with Gasteiger partial charge in [-0.1, -0.05) is 60.7 Å². The first-order chi connectivity index (χ1) is 8.17. The highest BCUT2D eigenvalue weighted by Gasteiger charge is 2.69. The number of alkyl halides is 2. The number of hydrogen-bond donors (Lipinski definition) is 0. The molecular formula is C15H12BrF.